The molecule has 4 aromatic rings. The zero-order valence-corrected chi connectivity index (χ0v) is 20.1. The number of hydrogen-bond acceptors (Lipinski definition) is 6. The van der Waals surface area contributed by atoms with E-state index < -0.39 is 23.5 Å². The summed E-state index contributed by atoms with van der Waals surface area (Å²) in [6.45, 7) is 3.80. The van der Waals surface area contributed by atoms with Crippen LogP contribution in [0.2, 0.25) is 5.02 Å². The zero-order chi connectivity index (χ0) is 24.9. The SMILES string of the molecule is CCc1ccc(N2C(=O)C(O)=C(C(=O)c3cc4cc(Cl)cc(OC)c4o3)C2c2ccc(C)o2)cc1. The fourth-order valence-corrected chi connectivity index (χ4v) is 4.56. The normalized spacial score (nSPS) is 15.9. The van der Waals surface area contributed by atoms with Crippen molar-refractivity contribution in [1.82, 2.24) is 0 Å². The van der Waals surface area contributed by atoms with Gasteiger partial charge >= 0.3 is 0 Å². The van der Waals surface area contributed by atoms with Gasteiger partial charge in [-0.1, -0.05) is 30.7 Å². The third-order valence-electron chi connectivity index (χ3n) is 6.10. The van der Waals surface area contributed by atoms with Gasteiger partial charge in [-0.25, -0.2) is 0 Å². The number of aliphatic hydroxyl groups is 1. The van der Waals surface area contributed by atoms with E-state index in [1.165, 1.54) is 18.1 Å². The zero-order valence-electron chi connectivity index (χ0n) is 19.3. The molecule has 178 valence electrons. The van der Waals surface area contributed by atoms with Crippen LogP contribution in [-0.2, 0) is 11.2 Å². The standard InChI is InChI=1S/C27H22ClNO6/c1-4-15-6-8-18(9-7-15)29-23(19-10-5-14(2)34-19)22(25(31)27(29)32)24(30)20-12-16-11-17(28)13-21(33-3)26(16)35-20/h5-13,23,31H,4H2,1-3H3. The van der Waals surface area contributed by atoms with Gasteiger partial charge in [0.2, 0.25) is 5.78 Å². The monoisotopic (exact) mass is 491 g/mol. The van der Waals surface area contributed by atoms with Crippen LogP contribution in [0.3, 0.4) is 0 Å². The van der Waals surface area contributed by atoms with Crippen LogP contribution in [0.15, 0.2) is 74.8 Å². The van der Waals surface area contributed by atoms with Gasteiger partial charge in [-0.05, 0) is 55.3 Å². The van der Waals surface area contributed by atoms with Crippen molar-refractivity contribution in [2.45, 2.75) is 26.3 Å². The smallest absolute Gasteiger partial charge is 0.294 e. The van der Waals surface area contributed by atoms with Crippen molar-refractivity contribution < 1.29 is 28.3 Å². The van der Waals surface area contributed by atoms with E-state index in [1.807, 2.05) is 19.1 Å². The summed E-state index contributed by atoms with van der Waals surface area (Å²) in [7, 11) is 1.47. The molecule has 7 nitrogen and oxygen atoms in total. The Labute approximate surface area is 206 Å². The number of fused-ring (bicyclic) bond motifs is 1. The quantitative estimate of drug-likeness (QED) is 0.316. The van der Waals surface area contributed by atoms with E-state index in [0.29, 0.717) is 38.9 Å². The maximum atomic E-state index is 13.7. The van der Waals surface area contributed by atoms with E-state index in [0.717, 1.165) is 12.0 Å². The Hall–Kier alpha value is -3.97. The predicted octanol–water partition coefficient (Wildman–Crippen LogP) is 6.34. The molecule has 0 fully saturated rings. The van der Waals surface area contributed by atoms with E-state index in [9.17, 15) is 14.7 Å². The highest BCUT2D eigenvalue weighted by molar-refractivity contribution is 6.31. The van der Waals surface area contributed by atoms with Crippen LogP contribution in [-0.4, -0.2) is 23.9 Å². The fourth-order valence-electron chi connectivity index (χ4n) is 4.35. The van der Waals surface area contributed by atoms with Crippen molar-refractivity contribution >= 4 is 39.9 Å². The van der Waals surface area contributed by atoms with E-state index in [1.54, 1.807) is 43.3 Å². The van der Waals surface area contributed by atoms with E-state index in [-0.39, 0.29) is 11.3 Å². The minimum absolute atomic E-state index is 0.0635. The molecule has 35 heavy (non-hydrogen) atoms. The van der Waals surface area contributed by atoms with Gasteiger partial charge in [0.15, 0.2) is 22.9 Å². The summed E-state index contributed by atoms with van der Waals surface area (Å²) >= 11 is 6.16. The summed E-state index contributed by atoms with van der Waals surface area (Å²) in [5.41, 5.74) is 1.82. The maximum absolute atomic E-state index is 13.7. The molecule has 2 aromatic heterocycles. The number of rotatable bonds is 6. The number of aryl methyl sites for hydroxylation is 2. The molecule has 8 heteroatoms. The van der Waals surface area contributed by atoms with Crippen LogP contribution in [0.25, 0.3) is 11.0 Å². The summed E-state index contributed by atoms with van der Waals surface area (Å²) in [5, 5.41) is 11.9. The van der Waals surface area contributed by atoms with Crippen LogP contribution >= 0.6 is 11.6 Å². The van der Waals surface area contributed by atoms with Gasteiger partial charge in [0, 0.05) is 22.2 Å². The van der Waals surface area contributed by atoms with Crippen LogP contribution in [0.5, 0.6) is 5.75 Å². The number of furan rings is 2. The second-order valence-corrected chi connectivity index (χ2v) is 8.71. The molecule has 1 aliphatic rings. The molecule has 0 bridgehead atoms. The molecule has 1 aliphatic heterocycles. The third kappa shape index (κ3) is 3.78. The Bertz CT molecular complexity index is 1490. The lowest BCUT2D eigenvalue weighted by molar-refractivity contribution is -0.117. The van der Waals surface area contributed by atoms with Crippen LogP contribution < -0.4 is 9.64 Å². The van der Waals surface area contributed by atoms with Gasteiger partial charge in [0.05, 0.1) is 12.7 Å². The predicted molar refractivity (Wildman–Crippen MR) is 131 cm³/mol. The molecule has 0 spiro atoms. The molecule has 0 saturated carbocycles. The third-order valence-corrected chi connectivity index (χ3v) is 6.32. The molecule has 0 aliphatic carbocycles. The van der Waals surface area contributed by atoms with Gasteiger partial charge in [-0.2, -0.15) is 0 Å². The van der Waals surface area contributed by atoms with Crippen LogP contribution in [0.4, 0.5) is 5.69 Å². The molecular formula is C27H22ClNO6. The van der Waals surface area contributed by atoms with Crippen molar-refractivity contribution in [2.75, 3.05) is 12.0 Å². The number of anilines is 1. The van der Waals surface area contributed by atoms with Crippen molar-refractivity contribution in [3.8, 4) is 5.75 Å². The number of halogens is 1. The number of aliphatic hydroxyl groups excluding tert-OH is 1. The first-order valence-electron chi connectivity index (χ1n) is 11.1. The highest BCUT2D eigenvalue weighted by Gasteiger charge is 2.47. The number of hydrogen-bond donors (Lipinski definition) is 1. The highest BCUT2D eigenvalue weighted by atomic mass is 35.5. The van der Waals surface area contributed by atoms with Crippen LogP contribution in [0, 0.1) is 6.92 Å². The van der Waals surface area contributed by atoms with Gasteiger partial charge in [0.25, 0.3) is 5.91 Å². The number of benzene rings is 2. The number of Topliss-reactive ketones (excluding diaryl/α,β-unsaturated/α-hetero) is 1. The Balaban J connectivity index is 1.64. The summed E-state index contributed by atoms with van der Waals surface area (Å²) in [4.78, 5) is 28.4. The largest absolute Gasteiger partial charge is 0.503 e. The van der Waals surface area contributed by atoms with E-state index >= 15 is 0 Å². The number of amides is 1. The number of methoxy groups -OCH3 is 1. The number of ether oxygens (including phenoxy) is 1. The minimum Gasteiger partial charge on any atom is -0.503 e. The second-order valence-electron chi connectivity index (χ2n) is 8.27. The number of carbonyl (C=O) groups excluding carboxylic acids is 2. The molecule has 1 amide bonds. The number of carbonyl (C=O) groups is 2. The first-order chi connectivity index (χ1) is 16.8. The Kier molecular flexibility index (Phi) is 5.65. The van der Waals surface area contributed by atoms with Crippen LogP contribution in [0.1, 0.15) is 40.6 Å². The number of ketones is 1. The lowest BCUT2D eigenvalue weighted by atomic mass is 9.99. The first-order valence-corrected chi connectivity index (χ1v) is 11.4. The summed E-state index contributed by atoms with van der Waals surface area (Å²) < 4.78 is 17.0. The van der Waals surface area contributed by atoms with E-state index in [4.69, 9.17) is 25.2 Å². The van der Waals surface area contributed by atoms with Crippen molar-refractivity contribution in [3.05, 3.63) is 93.8 Å². The molecule has 5 rings (SSSR count). The second kappa shape index (κ2) is 8.67. The Morgan fingerprint density at radius 3 is 2.49 bits per heavy atom. The molecular weight excluding hydrogens is 470 g/mol. The maximum Gasteiger partial charge on any atom is 0.294 e. The van der Waals surface area contributed by atoms with Crippen molar-refractivity contribution in [3.63, 3.8) is 0 Å². The average molecular weight is 492 g/mol. The summed E-state index contributed by atoms with van der Waals surface area (Å²) in [6, 6.07) is 14.6. The van der Waals surface area contributed by atoms with Crippen molar-refractivity contribution in [2.24, 2.45) is 0 Å². The highest BCUT2D eigenvalue weighted by Crippen LogP contribution is 2.43. The summed E-state index contributed by atoms with van der Waals surface area (Å²) in [5.74, 6) is -0.742. The van der Waals surface area contributed by atoms with Gasteiger partial charge in [0.1, 0.15) is 17.6 Å². The number of nitrogens with zero attached hydrogens (tertiary/aromatic N) is 1. The van der Waals surface area contributed by atoms with Gasteiger partial charge in [-0.15, -0.1) is 0 Å². The molecule has 0 saturated heterocycles. The molecule has 0 radical (unpaired) electrons. The lowest BCUT2D eigenvalue weighted by Crippen LogP contribution is -2.30. The molecule has 3 heterocycles. The van der Waals surface area contributed by atoms with E-state index in [2.05, 4.69) is 0 Å². The fraction of sp³-hybridized carbons (Fsp3) is 0.185. The Morgan fingerprint density at radius 1 is 1.11 bits per heavy atom. The minimum atomic E-state index is -0.977. The molecule has 1 unspecified atom stereocenters. The van der Waals surface area contributed by atoms with Gasteiger partial charge in [-0.3, -0.25) is 14.5 Å². The summed E-state index contributed by atoms with van der Waals surface area (Å²) in [6.07, 6.45) is 0.835. The molecule has 2 aromatic carbocycles. The topological polar surface area (TPSA) is 93.1 Å². The first kappa shape index (κ1) is 22.8. The van der Waals surface area contributed by atoms with Crippen molar-refractivity contribution in [1.29, 1.82) is 0 Å². The lowest BCUT2D eigenvalue weighted by Gasteiger charge is -2.25. The Morgan fingerprint density at radius 2 is 1.86 bits per heavy atom. The molecule has 1 atom stereocenters. The van der Waals surface area contributed by atoms with Gasteiger partial charge < -0.3 is 18.7 Å². The molecule has 1 N–H and O–H groups in total. The average Bonchev–Trinajstić information content (AvgIpc) is 3.54.